The van der Waals surface area contributed by atoms with E-state index in [-0.39, 0.29) is 16.7 Å². The second-order valence-electron chi connectivity index (χ2n) is 5.02. The predicted molar refractivity (Wildman–Crippen MR) is 79.6 cm³/mol. The van der Waals surface area contributed by atoms with Crippen LogP contribution >= 0.6 is 12.2 Å². The highest BCUT2D eigenvalue weighted by Crippen LogP contribution is 2.33. The fraction of sp³-hybridized carbons (Fsp3) is 0.500. The van der Waals surface area contributed by atoms with Gasteiger partial charge < -0.3 is 15.4 Å². The summed E-state index contributed by atoms with van der Waals surface area (Å²) in [6, 6.07) is 3.55. The van der Waals surface area contributed by atoms with Crippen LogP contribution in [0.1, 0.15) is 24.0 Å². The summed E-state index contributed by atoms with van der Waals surface area (Å²) in [7, 11) is 1.67. The van der Waals surface area contributed by atoms with Crippen LogP contribution in [-0.4, -0.2) is 31.3 Å². The Kier molecular flexibility index (Phi) is 4.73. The number of thiocarbonyl (C=S) groups is 1. The molecule has 21 heavy (non-hydrogen) atoms. The molecule has 2 rings (SSSR count). The minimum Gasteiger partial charge on any atom is -0.389 e. The summed E-state index contributed by atoms with van der Waals surface area (Å²) in [5, 5.41) is 0. The summed E-state index contributed by atoms with van der Waals surface area (Å²) in [6.45, 7) is 1.42. The van der Waals surface area contributed by atoms with Gasteiger partial charge in [-0.05, 0) is 31.0 Å². The van der Waals surface area contributed by atoms with E-state index in [9.17, 15) is 13.2 Å². The summed E-state index contributed by atoms with van der Waals surface area (Å²) >= 11 is 4.91. The van der Waals surface area contributed by atoms with Crippen molar-refractivity contribution in [2.24, 2.45) is 5.73 Å². The van der Waals surface area contributed by atoms with Gasteiger partial charge in [0.25, 0.3) is 0 Å². The van der Waals surface area contributed by atoms with Crippen molar-refractivity contribution < 1.29 is 17.9 Å². The maximum absolute atomic E-state index is 12.8. The largest absolute Gasteiger partial charge is 0.416 e. The van der Waals surface area contributed by atoms with Gasteiger partial charge >= 0.3 is 6.18 Å². The summed E-state index contributed by atoms with van der Waals surface area (Å²) in [5.41, 5.74) is 5.80. The first-order valence-corrected chi connectivity index (χ1v) is 7.02. The van der Waals surface area contributed by atoms with E-state index in [0.717, 1.165) is 25.0 Å². The Morgan fingerprint density at radius 2 is 1.95 bits per heavy atom. The average molecular weight is 318 g/mol. The van der Waals surface area contributed by atoms with Gasteiger partial charge in [-0.1, -0.05) is 12.2 Å². The van der Waals surface area contributed by atoms with Gasteiger partial charge in [0.1, 0.15) is 4.99 Å². The minimum absolute atomic E-state index is 0.0232. The second-order valence-corrected chi connectivity index (χ2v) is 5.46. The highest BCUT2D eigenvalue weighted by molar-refractivity contribution is 7.80. The number of nitrogens with two attached hydrogens (primary N) is 1. The van der Waals surface area contributed by atoms with Crippen molar-refractivity contribution in [1.29, 1.82) is 0 Å². The van der Waals surface area contributed by atoms with E-state index >= 15 is 0 Å². The summed E-state index contributed by atoms with van der Waals surface area (Å²) in [4.78, 5) is 1.98. The van der Waals surface area contributed by atoms with Crippen molar-refractivity contribution in [1.82, 2.24) is 0 Å². The van der Waals surface area contributed by atoms with Gasteiger partial charge in [-0.2, -0.15) is 13.2 Å². The Balaban J connectivity index is 2.29. The van der Waals surface area contributed by atoms with E-state index in [1.54, 1.807) is 7.11 Å². The highest BCUT2D eigenvalue weighted by Gasteiger charge is 2.32. The van der Waals surface area contributed by atoms with Crippen molar-refractivity contribution in [2.75, 3.05) is 25.1 Å². The zero-order valence-electron chi connectivity index (χ0n) is 11.6. The standard InChI is InChI=1S/C14H17F3N2OS/c1-20-10-4-6-19(7-5-10)12-3-2-9(14(15,16)17)8-11(12)13(18)21/h2-3,8,10H,4-7H2,1H3,(H2,18,21). The van der Waals surface area contributed by atoms with Crippen LogP contribution in [0.15, 0.2) is 18.2 Å². The molecule has 0 amide bonds. The zero-order chi connectivity index (χ0) is 15.6. The number of piperidine rings is 1. The van der Waals surface area contributed by atoms with Crippen LogP contribution in [0.3, 0.4) is 0 Å². The fourth-order valence-electron chi connectivity index (χ4n) is 2.52. The number of nitrogens with zero attached hydrogens (tertiary/aromatic N) is 1. The number of hydrogen-bond donors (Lipinski definition) is 1. The van der Waals surface area contributed by atoms with Crippen LogP contribution in [-0.2, 0) is 10.9 Å². The smallest absolute Gasteiger partial charge is 0.389 e. The molecular formula is C14H17F3N2OS. The van der Waals surface area contributed by atoms with Gasteiger partial charge in [0.2, 0.25) is 0 Å². The SMILES string of the molecule is COC1CCN(c2ccc(C(F)(F)F)cc2C(N)=S)CC1. The fourth-order valence-corrected chi connectivity index (χ4v) is 2.68. The highest BCUT2D eigenvalue weighted by atomic mass is 32.1. The Morgan fingerprint density at radius 1 is 1.33 bits per heavy atom. The molecule has 0 aliphatic carbocycles. The molecule has 7 heteroatoms. The summed E-state index contributed by atoms with van der Waals surface area (Å²) < 4.78 is 43.7. The summed E-state index contributed by atoms with van der Waals surface area (Å²) in [5.74, 6) is 0. The lowest BCUT2D eigenvalue weighted by Crippen LogP contribution is -2.37. The number of alkyl halides is 3. The molecule has 1 fully saturated rings. The lowest BCUT2D eigenvalue weighted by atomic mass is 10.0. The van der Waals surface area contributed by atoms with Gasteiger partial charge in [0.05, 0.1) is 11.7 Å². The quantitative estimate of drug-likeness (QED) is 0.870. The molecular weight excluding hydrogens is 301 g/mol. The Hall–Kier alpha value is -1.34. The van der Waals surface area contributed by atoms with Crippen LogP contribution in [0.2, 0.25) is 0 Å². The molecule has 1 heterocycles. The first-order chi connectivity index (χ1) is 9.82. The molecule has 1 aromatic carbocycles. The number of benzene rings is 1. The molecule has 2 N–H and O–H groups in total. The Bertz CT molecular complexity index is 525. The lowest BCUT2D eigenvalue weighted by molar-refractivity contribution is -0.137. The normalized spacial score (nSPS) is 17.0. The van der Waals surface area contributed by atoms with E-state index in [0.29, 0.717) is 18.8 Å². The lowest BCUT2D eigenvalue weighted by Gasteiger charge is -2.34. The third-order valence-electron chi connectivity index (χ3n) is 3.71. The molecule has 1 aromatic rings. The van der Waals surface area contributed by atoms with Crippen LogP contribution < -0.4 is 10.6 Å². The number of hydrogen-bond acceptors (Lipinski definition) is 3. The monoisotopic (exact) mass is 318 g/mol. The number of methoxy groups -OCH3 is 1. The molecule has 0 unspecified atom stereocenters. The van der Waals surface area contributed by atoms with Crippen molar-refractivity contribution >= 4 is 22.9 Å². The molecule has 0 bridgehead atoms. The van der Waals surface area contributed by atoms with Gasteiger partial charge in [-0.25, -0.2) is 0 Å². The van der Waals surface area contributed by atoms with Crippen molar-refractivity contribution in [2.45, 2.75) is 25.1 Å². The topological polar surface area (TPSA) is 38.5 Å². The molecule has 1 aliphatic heterocycles. The van der Waals surface area contributed by atoms with Crippen molar-refractivity contribution in [3.05, 3.63) is 29.3 Å². The molecule has 0 atom stereocenters. The van der Waals surface area contributed by atoms with Crippen molar-refractivity contribution in [3.8, 4) is 0 Å². The van der Waals surface area contributed by atoms with Crippen LogP contribution in [0, 0.1) is 0 Å². The van der Waals surface area contributed by atoms with Gasteiger partial charge in [-0.3, -0.25) is 0 Å². The first kappa shape index (κ1) is 16.0. The third-order valence-corrected chi connectivity index (χ3v) is 3.93. The molecule has 0 aromatic heterocycles. The minimum atomic E-state index is -4.40. The number of anilines is 1. The maximum atomic E-state index is 12.8. The van der Waals surface area contributed by atoms with E-state index in [1.165, 1.54) is 6.07 Å². The number of ether oxygens (including phenoxy) is 1. The first-order valence-electron chi connectivity index (χ1n) is 6.61. The second kappa shape index (κ2) is 6.19. The van der Waals surface area contributed by atoms with Gasteiger partial charge in [0.15, 0.2) is 0 Å². The molecule has 116 valence electrons. The Morgan fingerprint density at radius 3 is 2.43 bits per heavy atom. The third kappa shape index (κ3) is 3.65. The number of halogens is 3. The van der Waals surface area contributed by atoms with Crippen LogP contribution in [0.25, 0.3) is 0 Å². The molecule has 0 radical (unpaired) electrons. The van der Waals surface area contributed by atoms with Gasteiger partial charge in [-0.15, -0.1) is 0 Å². The molecule has 0 saturated carbocycles. The van der Waals surface area contributed by atoms with E-state index in [1.807, 2.05) is 4.90 Å². The molecule has 1 aliphatic rings. The van der Waals surface area contributed by atoms with E-state index in [4.69, 9.17) is 22.7 Å². The zero-order valence-corrected chi connectivity index (χ0v) is 12.4. The van der Waals surface area contributed by atoms with Crippen molar-refractivity contribution in [3.63, 3.8) is 0 Å². The van der Waals surface area contributed by atoms with Crippen LogP contribution in [0.5, 0.6) is 0 Å². The summed E-state index contributed by atoms with van der Waals surface area (Å²) in [6.07, 6.45) is -2.55. The van der Waals surface area contributed by atoms with E-state index in [2.05, 4.69) is 0 Å². The van der Waals surface area contributed by atoms with Gasteiger partial charge in [0, 0.05) is 31.5 Å². The van der Waals surface area contributed by atoms with E-state index < -0.39 is 11.7 Å². The molecule has 1 saturated heterocycles. The Labute approximate surface area is 126 Å². The molecule has 0 spiro atoms. The van der Waals surface area contributed by atoms with Crippen LogP contribution in [0.4, 0.5) is 18.9 Å². The number of rotatable bonds is 3. The average Bonchev–Trinajstić information content (AvgIpc) is 2.45. The predicted octanol–water partition coefficient (Wildman–Crippen LogP) is 2.95. The molecule has 3 nitrogen and oxygen atoms in total. The maximum Gasteiger partial charge on any atom is 0.416 e.